The molecule has 2 aromatic carbocycles. The van der Waals surface area contributed by atoms with Crippen LogP contribution in [0.1, 0.15) is 158 Å². The van der Waals surface area contributed by atoms with Crippen LogP contribution in [-0.4, -0.2) is 127 Å². The van der Waals surface area contributed by atoms with Crippen molar-refractivity contribution in [3.63, 3.8) is 0 Å². The molecule has 0 saturated carbocycles. The zero-order valence-corrected chi connectivity index (χ0v) is 53.8. The molecule has 2 spiro atoms. The fourth-order valence-electron chi connectivity index (χ4n) is 12.9. The number of hydrogen-bond acceptors (Lipinski definition) is 15. The summed E-state index contributed by atoms with van der Waals surface area (Å²) < 4.78 is 81.0. The maximum absolute atomic E-state index is 13.4. The van der Waals surface area contributed by atoms with E-state index in [1.54, 1.807) is 7.11 Å². The zero-order chi connectivity index (χ0) is 59.2. The monoisotopic (exact) mass is 1170 g/mol. The van der Waals surface area contributed by atoms with Crippen LogP contribution in [0.4, 0.5) is 0 Å². The Kier molecular flexibility index (Phi) is 24.6. The number of carbonyl (C=O) groups is 3. The smallest absolute Gasteiger partial charge is 0.302 e. The van der Waals surface area contributed by atoms with E-state index in [2.05, 4.69) is 80.6 Å². The molecule has 0 aliphatic carbocycles. The average molecular weight is 1170 g/mol. The third kappa shape index (κ3) is 19.2. The second-order valence-electron chi connectivity index (χ2n) is 25.7. The molecule has 4 aliphatic rings. The largest absolute Gasteiger partial charge is 0.462 e. The molecule has 0 bridgehead atoms. The minimum atomic E-state index is -2.23. The van der Waals surface area contributed by atoms with Gasteiger partial charge in [-0.2, -0.15) is 0 Å². The zero-order valence-electron chi connectivity index (χ0n) is 51.8. The van der Waals surface area contributed by atoms with Gasteiger partial charge >= 0.3 is 11.9 Å². The van der Waals surface area contributed by atoms with Crippen LogP contribution >= 0.6 is 0 Å². The number of hydrogen-bond donors (Lipinski definition) is 0. The minimum absolute atomic E-state index is 0.0127. The van der Waals surface area contributed by atoms with Gasteiger partial charge in [0.2, 0.25) is 0 Å². The molecule has 0 amide bonds. The van der Waals surface area contributed by atoms with Gasteiger partial charge in [0.25, 0.3) is 0 Å². The highest BCUT2D eigenvalue weighted by Crippen LogP contribution is 2.50. The fourth-order valence-corrected chi connectivity index (χ4v) is 17.4. The van der Waals surface area contributed by atoms with Gasteiger partial charge in [-0.15, -0.1) is 0 Å². The molecule has 0 unspecified atom stereocenters. The first kappa shape index (κ1) is 67.0. The van der Waals surface area contributed by atoms with E-state index in [0.29, 0.717) is 84.0 Å². The second kappa shape index (κ2) is 29.8. The van der Waals surface area contributed by atoms with Crippen molar-refractivity contribution in [1.82, 2.24) is 0 Å². The Balaban J connectivity index is 1.29. The Bertz CT molecular complexity index is 2270. The molecule has 2 aromatic rings. The molecule has 4 fully saturated rings. The van der Waals surface area contributed by atoms with Crippen molar-refractivity contribution in [3.05, 3.63) is 83.9 Å². The number of carbonyl (C=O) groups excluding carboxylic acids is 3. The van der Waals surface area contributed by atoms with Gasteiger partial charge < -0.3 is 61.0 Å². The molecular formula is C64H102O15Si2. The van der Waals surface area contributed by atoms with Crippen molar-refractivity contribution in [1.29, 1.82) is 0 Å². The van der Waals surface area contributed by atoms with Crippen LogP contribution < -0.4 is 0 Å². The van der Waals surface area contributed by atoms with Gasteiger partial charge in [-0.1, -0.05) is 128 Å². The van der Waals surface area contributed by atoms with Crippen LogP contribution in [0, 0.1) is 11.8 Å². The summed E-state index contributed by atoms with van der Waals surface area (Å²) in [7, 11) is -2.68. The van der Waals surface area contributed by atoms with E-state index < -0.39 is 88.3 Å². The third-order valence-corrected chi connectivity index (χ3v) is 27.5. The van der Waals surface area contributed by atoms with Crippen molar-refractivity contribution in [3.8, 4) is 0 Å². The predicted molar refractivity (Wildman–Crippen MR) is 317 cm³/mol. The summed E-state index contributed by atoms with van der Waals surface area (Å²) >= 11 is 0. The molecule has 15 nitrogen and oxygen atoms in total. The van der Waals surface area contributed by atoms with Crippen molar-refractivity contribution < 1.29 is 70.6 Å². The van der Waals surface area contributed by atoms with Crippen LogP contribution in [0.15, 0.2) is 72.8 Å². The molecule has 14 atom stereocenters. The summed E-state index contributed by atoms with van der Waals surface area (Å²) in [6.07, 6.45) is 1.98. The molecule has 4 heterocycles. The first-order valence-corrected chi connectivity index (χ1v) is 35.7. The van der Waals surface area contributed by atoms with Crippen LogP contribution in [0.25, 0.3) is 0 Å². The lowest BCUT2D eigenvalue weighted by atomic mass is 9.78. The summed E-state index contributed by atoms with van der Waals surface area (Å²) in [5.41, 5.74) is 2.25. The molecule has 17 heteroatoms. The molecule has 6 rings (SSSR count). The number of aldehydes is 1. The number of ether oxygens (including phenoxy) is 10. The fraction of sp³-hybridized carbons (Fsp3) is 0.734. The van der Waals surface area contributed by atoms with Crippen molar-refractivity contribution in [2.75, 3.05) is 20.5 Å². The first-order valence-electron chi connectivity index (χ1n) is 30.2. The van der Waals surface area contributed by atoms with E-state index in [1.807, 2.05) is 55.5 Å². The molecule has 81 heavy (non-hydrogen) atoms. The van der Waals surface area contributed by atoms with Gasteiger partial charge in [0.05, 0.1) is 68.1 Å². The number of esters is 2. The number of rotatable bonds is 29. The Morgan fingerprint density at radius 2 is 1.31 bits per heavy atom. The highest BCUT2D eigenvalue weighted by atomic mass is 28.4. The quantitative estimate of drug-likeness (QED) is 0.0189. The maximum Gasteiger partial charge on any atom is 0.302 e. The minimum Gasteiger partial charge on any atom is -0.462 e. The average Bonchev–Trinajstić information content (AvgIpc) is 3.50. The highest BCUT2D eigenvalue weighted by molar-refractivity contribution is 6.74. The summed E-state index contributed by atoms with van der Waals surface area (Å²) in [5.74, 6) is -3.85. The molecule has 456 valence electrons. The summed E-state index contributed by atoms with van der Waals surface area (Å²) in [6, 6.07) is 23.0. The van der Waals surface area contributed by atoms with E-state index in [9.17, 15) is 14.4 Å². The molecular weight excluding hydrogens is 1060 g/mol. The molecule has 0 aromatic heterocycles. The molecule has 4 saturated heterocycles. The van der Waals surface area contributed by atoms with E-state index in [0.717, 1.165) is 41.1 Å². The normalized spacial score (nSPS) is 29.8. The van der Waals surface area contributed by atoms with Crippen LogP contribution in [0.5, 0.6) is 0 Å². The Labute approximate surface area is 488 Å². The molecule has 0 N–H and O–H groups in total. The maximum atomic E-state index is 13.4. The third-order valence-electron chi connectivity index (χ3n) is 18.1. The Hall–Kier alpha value is -3.18. The van der Waals surface area contributed by atoms with Crippen LogP contribution in [-0.2, 0) is 83.8 Å². The van der Waals surface area contributed by atoms with Crippen LogP contribution in [0.2, 0.25) is 36.3 Å². The molecule has 4 aliphatic heterocycles. The highest BCUT2D eigenvalue weighted by Gasteiger charge is 2.56. The lowest BCUT2D eigenvalue weighted by Crippen LogP contribution is -2.61. The summed E-state index contributed by atoms with van der Waals surface area (Å²) in [4.78, 5) is 37.8. The summed E-state index contributed by atoms with van der Waals surface area (Å²) in [6.45, 7) is 33.0. The van der Waals surface area contributed by atoms with Gasteiger partial charge in [-0.3, -0.25) is 9.59 Å². The topological polar surface area (TPSA) is 162 Å². The lowest BCUT2D eigenvalue weighted by molar-refractivity contribution is -0.347. The van der Waals surface area contributed by atoms with E-state index in [1.165, 1.54) is 13.8 Å². The summed E-state index contributed by atoms with van der Waals surface area (Å²) in [5, 5.41) is -0.0127. The SMILES string of the molecule is C=C(C[C@H]1C[C@](C)(O[Si](CC)(CC)CC)C[C@@]2(C[C@@H](OC(C)=O)C[C@H](CC=O)O2)O1)[C@@H](C)[C@H](OC(C)=O)[C@H](C)[C@@H](C[C@@H]1C[C@H](OC)C[C@]2(C[C@@H](O[Si](C)(C)C(C)(C)C)C[C@H](COCc3ccccc3)O2)O1)OCOCc1ccccc1. The predicted octanol–water partition coefficient (Wildman–Crippen LogP) is 13.1. The number of methoxy groups -OCH3 is 1. The Morgan fingerprint density at radius 1 is 0.753 bits per heavy atom. The standard InChI is InChI=1S/C64H102O15Si2/c1-16-81(17-2,18-3)79-62(12)36-56(76-64(43-62)38-55(72-48(7)66)32-52(74-64)29-30-65)31-45(4)46(5)60(73-49(8)67)47(6)59(71-44-70-41-51-27-23-20-24-28-51)35-53-33-54(68-13)37-63(75-53)39-57(78-80(14,15)61(9,10)11)34-58(77-63)42-69-40-50-25-21-19-22-26-50/h19-28,30,46-47,52-60H,4,16-18,29,31-44H2,1-3,5-15H3/t46-,47-,52+,53+,54+,55+,56+,57+,58-,59-,60+,62+,63+,64-/m1/s1. The van der Waals surface area contributed by atoms with Gasteiger partial charge in [0.15, 0.2) is 28.2 Å². The van der Waals surface area contributed by atoms with Crippen molar-refractivity contribution in [2.24, 2.45) is 11.8 Å². The first-order chi connectivity index (χ1) is 38.3. The van der Waals surface area contributed by atoms with E-state index in [-0.39, 0.29) is 42.5 Å². The van der Waals surface area contributed by atoms with E-state index in [4.69, 9.17) is 62.8 Å². The van der Waals surface area contributed by atoms with Gasteiger partial charge in [-0.05, 0) is 60.7 Å². The van der Waals surface area contributed by atoms with Gasteiger partial charge in [0, 0.05) is 97.0 Å². The van der Waals surface area contributed by atoms with Gasteiger partial charge in [-0.25, -0.2) is 0 Å². The van der Waals surface area contributed by atoms with Crippen LogP contribution in [0.3, 0.4) is 0 Å². The Morgan fingerprint density at radius 3 is 1.89 bits per heavy atom. The lowest BCUT2D eigenvalue weighted by Gasteiger charge is -2.55. The second-order valence-corrected chi connectivity index (χ2v) is 35.2. The van der Waals surface area contributed by atoms with Crippen molar-refractivity contribution in [2.45, 2.75) is 268 Å². The molecule has 0 radical (unpaired) electrons. The number of benzene rings is 2. The van der Waals surface area contributed by atoms with E-state index >= 15 is 0 Å². The van der Waals surface area contributed by atoms with Crippen molar-refractivity contribution >= 4 is 34.9 Å². The van der Waals surface area contributed by atoms with Gasteiger partial charge in [0.1, 0.15) is 25.3 Å².